The number of rotatable bonds is 5. The van der Waals surface area contributed by atoms with Gasteiger partial charge in [-0.15, -0.1) is 0 Å². The first-order chi connectivity index (χ1) is 15.1. The van der Waals surface area contributed by atoms with Gasteiger partial charge in [0.15, 0.2) is 0 Å². The Morgan fingerprint density at radius 3 is 2.71 bits per heavy atom. The molecule has 0 aliphatic carbocycles. The molecular weight excluding hydrogens is 397 g/mol. The van der Waals surface area contributed by atoms with Crippen molar-refractivity contribution in [1.29, 1.82) is 0 Å². The Morgan fingerprint density at radius 1 is 1.13 bits per heavy atom. The molecule has 5 rings (SSSR count). The molecule has 8 heteroatoms. The molecule has 7 nitrogen and oxygen atoms in total. The van der Waals surface area contributed by atoms with E-state index >= 15 is 0 Å². The zero-order valence-corrected chi connectivity index (χ0v) is 17.3. The molecule has 160 valence electrons. The number of ether oxygens (including phenoxy) is 1. The van der Waals surface area contributed by atoms with Crippen molar-refractivity contribution < 1.29 is 13.9 Å². The number of piperidine rings is 1. The van der Waals surface area contributed by atoms with Crippen LogP contribution in [0.3, 0.4) is 0 Å². The van der Waals surface area contributed by atoms with Crippen LogP contribution in [0.4, 0.5) is 4.39 Å². The van der Waals surface area contributed by atoms with Gasteiger partial charge in [-0.1, -0.05) is 11.6 Å². The number of amides is 1. The van der Waals surface area contributed by atoms with Gasteiger partial charge in [-0.3, -0.25) is 4.79 Å². The quantitative estimate of drug-likeness (QED) is 0.630. The van der Waals surface area contributed by atoms with E-state index in [2.05, 4.69) is 20.1 Å². The SMILES string of the molecule is Cc1ccc(-n2nccn2)c(C(=O)N2C3CC[C@H]2CC[C@H]3COc2ccc(F)cn2)c1. The molecule has 2 aliphatic heterocycles. The van der Waals surface area contributed by atoms with Gasteiger partial charge in [-0.2, -0.15) is 15.0 Å². The van der Waals surface area contributed by atoms with E-state index in [1.165, 1.54) is 16.9 Å². The number of hydrogen-bond acceptors (Lipinski definition) is 5. The van der Waals surface area contributed by atoms with Gasteiger partial charge >= 0.3 is 0 Å². The predicted molar refractivity (Wildman–Crippen MR) is 111 cm³/mol. The number of pyridine rings is 1. The normalized spacial score (nSPS) is 22.5. The first-order valence-corrected chi connectivity index (χ1v) is 10.6. The van der Waals surface area contributed by atoms with Gasteiger partial charge in [-0.05, 0) is 50.8 Å². The van der Waals surface area contributed by atoms with Crippen LogP contribution in [0.1, 0.15) is 41.6 Å². The van der Waals surface area contributed by atoms with Gasteiger partial charge in [0.05, 0.1) is 36.4 Å². The van der Waals surface area contributed by atoms with Crippen molar-refractivity contribution in [3.63, 3.8) is 0 Å². The lowest BCUT2D eigenvalue weighted by atomic mass is 9.90. The molecule has 4 heterocycles. The summed E-state index contributed by atoms with van der Waals surface area (Å²) >= 11 is 0. The average Bonchev–Trinajstić information content (AvgIpc) is 3.41. The highest BCUT2D eigenvalue weighted by Crippen LogP contribution is 2.40. The molecule has 2 fully saturated rings. The second-order valence-corrected chi connectivity index (χ2v) is 8.31. The van der Waals surface area contributed by atoms with Crippen LogP contribution < -0.4 is 4.74 Å². The Bertz CT molecular complexity index is 1070. The van der Waals surface area contributed by atoms with Crippen molar-refractivity contribution in [2.45, 2.75) is 44.7 Å². The lowest BCUT2D eigenvalue weighted by molar-refractivity contribution is 0.0402. The molecule has 3 atom stereocenters. The van der Waals surface area contributed by atoms with Crippen LogP contribution in [-0.4, -0.2) is 49.5 Å². The molecular formula is C23H24FN5O2. The minimum Gasteiger partial charge on any atom is -0.477 e. The highest BCUT2D eigenvalue weighted by atomic mass is 19.1. The van der Waals surface area contributed by atoms with E-state index in [1.54, 1.807) is 12.4 Å². The third kappa shape index (κ3) is 3.78. The summed E-state index contributed by atoms with van der Waals surface area (Å²) in [5.41, 5.74) is 2.33. The first-order valence-electron chi connectivity index (χ1n) is 10.6. The van der Waals surface area contributed by atoms with Gasteiger partial charge in [0.25, 0.3) is 5.91 Å². The maximum absolute atomic E-state index is 13.7. The number of aromatic nitrogens is 4. The molecule has 2 aromatic heterocycles. The van der Waals surface area contributed by atoms with Gasteiger partial charge in [0.1, 0.15) is 5.82 Å². The highest BCUT2D eigenvalue weighted by Gasteiger charge is 2.45. The third-order valence-electron chi connectivity index (χ3n) is 6.36. The number of carbonyl (C=O) groups is 1. The van der Waals surface area contributed by atoms with Gasteiger partial charge in [0, 0.05) is 24.1 Å². The summed E-state index contributed by atoms with van der Waals surface area (Å²) in [4.78, 5) is 21.3. The van der Waals surface area contributed by atoms with Crippen LogP contribution in [0.25, 0.3) is 5.69 Å². The van der Waals surface area contributed by atoms with Crippen molar-refractivity contribution in [3.05, 3.63) is 65.9 Å². The molecule has 0 radical (unpaired) electrons. The summed E-state index contributed by atoms with van der Waals surface area (Å²) in [7, 11) is 0. The number of carbonyl (C=O) groups excluding carboxylic acids is 1. The Hall–Kier alpha value is -3.29. The lowest BCUT2D eigenvalue weighted by Crippen LogP contribution is -2.49. The van der Waals surface area contributed by atoms with Crippen LogP contribution in [0, 0.1) is 18.7 Å². The van der Waals surface area contributed by atoms with Crippen molar-refractivity contribution in [2.24, 2.45) is 5.92 Å². The molecule has 0 spiro atoms. The predicted octanol–water partition coefficient (Wildman–Crippen LogP) is 3.57. The van der Waals surface area contributed by atoms with E-state index in [0.29, 0.717) is 23.7 Å². The molecule has 0 saturated carbocycles. The molecule has 2 saturated heterocycles. The van der Waals surface area contributed by atoms with Crippen LogP contribution in [0.15, 0.2) is 48.9 Å². The van der Waals surface area contributed by atoms with E-state index in [0.717, 1.165) is 37.4 Å². The largest absolute Gasteiger partial charge is 0.477 e. The summed E-state index contributed by atoms with van der Waals surface area (Å²) in [5.74, 6) is 0.255. The zero-order valence-electron chi connectivity index (χ0n) is 17.3. The van der Waals surface area contributed by atoms with Gasteiger partial charge < -0.3 is 9.64 Å². The van der Waals surface area contributed by atoms with Crippen LogP contribution in [0.2, 0.25) is 0 Å². The smallest absolute Gasteiger partial charge is 0.256 e. The third-order valence-corrected chi connectivity index (χ3v) is 6.36. The molecule has 1 unspecified atom stereocenters. The molecule has 31 heavy (non-hydrogen) atoms. The Kier molecular flexibility index (Phi) is 5.13. The van der Waals surface area contributed by atoms with Gasteiger partial charge in [-0.25, -0.2) is 9.37 Å². The van der Waals surface area contributed by atoms with E-state index in [9.17, 15) is 9.18 Å². The maximum atomic E-state index is 13.7. The highest BCUT2D eigenvalue weighted by molar-refractivity contribution is 5.98. The monoisotopic (exact) mass is 421 g/mol. The van der Waals surface area contributed by atoms with Crippen LogP contribution >= 0.6 is 0 Å². The van der Waals surface area contributed by atoms with E-state index in [1.807, 2.05) is 25.1 Å². The van der Waals surface area contributed by atoms with Crippen molar-refractivity contribution in [1.82, 2.24) is 24.9 Å². The number of fused-ring (bicyclic) bond motifs is 2. The topological polar surface area (TPSA) is 73.1 Å². The molecule has 1 amide bonds. The molecule has 2 bridgehead atoms. The Morgan fingerprint density at radius 2 is 1.94 bits per heavy atom. The minimum atomic E-state index is -0.388. The first kappa shape index (κ1) is 19.7. The molecule has 2 aliphatic rings. The number of halogens is 1. The molecule has 0 N–H and O–H groups in total. The van der Waals surface area contributed by atoms with Crippen molar-refractivity contribution >= 4 is 5.91 Å². The summed E-state index contributed by atoms with van der Waals surface area (Å²) in [6.07, 6.45) is 8.28. The average molecular weight is 421 g/mol. The second kappa shape index (κ2) is 8.09. The maximum Gasteiger partial charge on any atom is 0.256 e. The number of nitrogens with zero attached hydrogens (tertiary/aromatic N) is 5. The van der Waals surface area contributed by atoms with E-state index in [-0.39, 0.29) is 29.7 Å². The molecule has 3 aromatic rings. The Balaban J connectivity index is 1.38. The van der Waals surface area contributed by atoms with E-state index in [4.69, 9.17) is 4.74 Å². The fourth-order valence-corrected chi connectivity index (χ4v) is 4.88. The summed E-state index contributed by atoms with van der Waals surface area (Å²) < 4.78 is 18.9. The lowest BCUT2D eigenvalue weighted by Gasteiger charge is -2.40. The Labute approximate surface area is 179 Å². The molecule has 1 aromatic carbocycles. The number of benzene rings is 1. The summed E-state index contributed by atoms with van der Waals surface area (Å²) in [6, 6.07) is 9.02. The standard InChI is InChI=1S/C23H24FN5O2/c1-15-2-7-21(29-26-10-11-27-29)19(12-15)23(30)28-18-5-3-16(20(28)8-6-18)14-31-22-9-4-17(24)13-25-22/h2,4,7,9-13,16,18,20H,3,5-6,8,14H2,1H3/t16-,18+,20?/m0/s1. The number of hydrogen-bond donors (Lipinski definition) is 0. The van der Waals surface area contributed by atoms with E-state index < -0.39 is 0 Å². The zero-order chi connectivity index (χ0) is 21.4. The fraction of sp³-hybridized carbons (Fsp3) is 0.391. The van der Waals surface area contributed by atoms with Crippen LogP contribution in [-0.2, 0) is 0 Å². The van der Waals surface area contributed by atoms with Crippen molar-refractivity contribution in [3.8, 4) is 11.6 Å². The van der Waals surface area contributed by atoms with Crippen LogP contribution in [0.5, 0.6) is 5.88 Å². The fourth-order valence-electron chi connectivity index (χ4n) is 4.88. The second-order valence-electron chi connectivity index (χ2n) is 8.31. The van der Waals surface area contributed by atoms with Crippen molar-refractivity contribution in [2.75, 3.05) is 6.61 Å². The number of aryl methyl sites for hydroxylation is 1. The minimum absolute atomic E-state index is 0.0214. The van der Waals surface area contributed by atoms with Gasteiger partial charge in [0.2, 0.25) is 5.88 Å². The summed E-state index contributed by atoms with van der Waals surface area (Å²) in [6.45, 7) is 2.44. The summed E-state index contributed by atoms with van der Waals surface area (Å²) in [5, 5.41) is 8.45.